The Hall–Kier alpha value is -3.19. The summed E-state index contributed by atoms with van der Waals surface area (Å²) in [5.74, 6) is -0.577. The number of hydrogen-bond acceptors (Lipinski definition) is 3. The molecule has 1 aliphatic heterocycles. The van der Waals surface area contributed by atoms with Gasteiger partial charge in [-0.1, -0.05) is 18.2 Å². The predicted octanol–water partition coefficient (Wildman–Crippen LogP) is 4.22. The second kappa shape index (κ2) is 7.67. The Kier molecular flexibility index (Phi) is 5.07. The number of nitrogens with one attached hydrogen (secondary N) is 1. The Balaban J connectivity index is 1.60. The molecule has 7 heteroatoms. The number of anilines is 2. The topological polar surface area (TPSA) is 66.5 Å². The molecule has 0 fully saturated rings. The lowest BCUT2D eigenvalue weighted by molar-refractivity contribution is 0.0985. The monoisotopic (exact) mass is 410 g/mol. The maximum atomic E-state index is 13.1. The van der Waals surface area contributed by atoms with E-state index >= 15 is 0 Å². The quantitative estimate of drug-likeness (QED) is 0.700. The fourth-order valence-corrected chi connectivity index (χ4v) is 4.49. The van der Waals surface area contributed by atoms with Crippen LogP contribution in [-0.2, 0) is 16.4 Å². The molecule has 148 valence electrons. The highest BCUT2D eigenvalue weighted by atomic mass is 32.2. The predicted molar refractivity (Wildman–Crippen MR) is 110 cm³/mol. The first-order valence-corrected chi connectivity index (χ1v) is 10.7. The Morgan fingerprint density at radius 1 is 0.966 bits per heavy atom. The van der Waals surface area contributed by atoms with Crippen molar-refractivity contribution < 1.29 is 17.6 Å². The molecular formula is C22H19FN2O3S. The summed E-state index contributed by atoms with van der Waals surface area (Å²) in [6.07, 6.45) is 1.54. The third-order valence-electron chi connectivity index (χ3n) is 4.84. The van der Waals surface area contributed by atoms with Gasteiger partial charge >= 0.3 is 0 Å². The Bertz CT molecular complexity index is 1150. The van der Waals surface area contributed by atoms with Gasteiger partial charge in [-0.3, -0.25) is 9.52 Å². The van der Waals surface area contributed by atoms with E-state index in [9.17, 15) is 17.6 Å². The van der Waals surface area contributed by atoms with Gasteiger partial charge in [-0.2, -0.15) is 0 Å². The van der Waals surface area contributed by atoms with Crippen LogP contribution < -0.4 is 9.62 Å². The first-order chi connectivity index (χ1) is 13.9. The molecule has 1 heterocycles. The molecule has 0 unspecified atom stereocenters. The van der Waals surface area contributed by atoms with Crippen LogP contribution in [0.25, 0.3) is 0 Å². The van der Waals surface area contributed by atoms with Crippen molar-refractivity contribution in [2.24, 2.45) is 0 Å². The number of nitrogens with zero attached hydrogens (tertiary/aromatic N) is 1. The van der Waals surface area contributed by atoms with Crippen LogP contribution in [0.5, 0.6) is 0 Å². The summed E-state index contributed by atoms with van der Waals surface area (Å²) in [5, 5.41) is 0. The number of sulfonamides is 1. The number of hydrogen-bond donors (Lipinski definition) is 1. The van der Waals surface area contributed by atoms with Crippen LogP contribution in [0.15, 0.2) is 77.7 Å². The molecule has 4 rings (SSSR count). The average Bonchev–Trinajstić information content (AvgIpc) is 2.73. The number of rotatable bonds is 4. The van der Waals surface area contributed by atoms with E-state index in [1.165, 1.54) is 12.1 Å². The summed E-state index contributed by atoms with van der Waals surface area (Å²) < 4.78 is 40.7. The van der Waals surface area contributed by atoms with Gasteiger partial charge in [0.15, 0.2) is 0 Å². The fraction of sp³-hybridized carbons (Fsp3) is 0.136. The molecule has 0 atom stereocenters. The molecule has 5 nitrogen and oxygen atoms in total. The van der Waals surface area contributed by atoms with Gasteiger partial charge in [0.1, 0.15) is 5.82 Å². The smallest absolute Gasteiger partial charge is 0.261 e. The van der Waals surface area contributed by atoms with E-state index < -0.39 is 15.8 Å². The van der Waals surface area contributed by atoms with Crippen molar-refractivity contribution in [2.45, 2.75) is 17.7 Å². The van der Waals surface area contributed by atoms with E-state index in [2.05, 4.69) is 4.72 Å². The lowest BCUT2D eigenvalue weighted by Gasteiger charge is -2.30. The number of benzene rings is 3. The van der Waals surface area contributed by atoms with Gasteiger partial charge < -0.3 is 4.90 Å². The SMILES string of the molecule is O=C(c1ccccc1)N1CCCc2cc(NS(=O)(=O)c3ccc(F)cc3)ccc21. The Labute approximate surface area is 168 Å². The molecule has 0 saturated heterocycles. The van der Waals surface area contributed by atoms with Crippen LogP contribution in [0, 0.1) is 5.82 Å². The lowest BCUT2D eigenvalue weighted by Crippen LogP contribution is -2.35. The summed E-state index contributed by atoms with van der Waals surface area (Å²) in [6, 6.07) is 18.9. The molecule has 0 aliphatic carbocycles. The van der Waals surface area contributed by atoms with Crippen molar-refractivity contribution in [3.63, 3.8) is 0 Å². The van der Waals surface area contributed by atoms with Crippen LogP contribution >= 0.6 is 0 Å². The molecule has 0 spiro atoms. The number of amides is 1. The first-order valence-electron chi connectivity index (χ1n) is 9.22. The fourth-order valence-electron chi connectivity index (χ4n) is 3.44. The highest BCUT2D eigenvalue weighted by molar-refractivity contribution is 7.92. The summed E-state index contributed by atoms with van der Waals surface area (Å²) in [5.41, 5.74) is 2.71. The van der Waals surface area contributed by atoms with E-state index in [0.717, 1.165) is 36.2 Å². The first kappa shape index (κ1) is 19.1. The number of carbonyl (C=O) groups excluding carboxylic acids is 1. The second-order valence-electron chi connectivity index (χ2n) is 6.83. The largest absolute Gasteiger partial charge is 0.308 e. The van der Waals surface area contributed by atoms with Gasteiger partial charge in [0.25, 0.3) is 15.9 Å². The minimum Gasteiger partial charge on any atom is -0.308 e. The van der Waals surface area contributed by atoms with Crippen molar-refractivity contribution in [3.8, 4) is 0 Å². The van der Waals surface area contributed by atoms with Crippen molar-refractivity contribution in [1.82, 2.24) is 0 Å². The molecule has 29 heavy (non-hydrogen) atoms. The van der Waals surface area contributed by atoms with Gasteiger partial charge in [0.05, 0.1) is 4.90 Å². The number of fused-ring (bicyclic) bond motifs is 1. The maximum Gasteiger partial charge on any atom is 0.261 e. The zero-order valence-corrected chi connectivity index (χ0v) is 16.3. The van der Waals surface area contributed by atoms with Gasteiger partial charge in [-0.05, 0) is 73.0 Å². The molecule has 0 saturated carbocycles. The van der Waals surface area contributed by atoms with Crippen molar-refractivity contribution in [3.05, 3.63) is 89.7 Å². The molecule has 1 N–H and O–H groups in total. The summed E-state index contributed by atoms with van der Waals surface area (Å²) in [7, 11) is -3.83. The van der Waals surface area contributed by atoms with Crippen LogP contribution in [0.1, 0.15) is 22.3 Å². The van der Waals surface area contributed by atoms with Gasteiger partial charge in [-0.15, -0.1) is 0 Å². The molecule has 0 bridgehead atoms. The second-order valence-corrected chi connectivity index (χ2v) is 8.51. The lowest BCUT2D eigenvalue weighted by atomic mass is 10.00. The van der Waals surface area contributed by atoms with E-state index in [4.69, 9.17) is 0 Å². The molecule has 0 radical (unpaired) electrons. The third kappa shape index (κ3) is 4.00. The van der Waals surface area contributed by atoms with E-state index in [1.807, 2.05) is 18.2 Å². The molecule has 1 aliphatic rings. The minimum atomic E-state index is -3.83. The minimum absolute atomic E-state index is 0.0162. The van der Waals surface area contributed by atoms with Crippen molar-refractivity contribution >= 4 is 27.3 Å². The zero-order valence-electron chi connectivity index (χ0n) is 15.5. The van der Waals surface area contributed by atoms with Crippen molar-refractivity contribution in [1.29, 1.82) is 0 Å². The standard InChI is InChI=1S/C22H19FN2O3S/c23-18-8-11-20(12-9-18)29(27,28)24-19-10-13-21-17(15-19)7-4-14-25(21)22(26)16-5-2-1-3-6-16/h1-3,5-6,8-13,15,24H,4,7,14H2. The summed E-state index contributed by atoms with van der Waals surface area (Å²) in [4.78, 5) is 14.6. The van der Waals surface area contributed by atoms with Crippen molar-refractivity contribution in [2.75, 3.05) is 16.2 Å². The number of carbonyl (C=O) groups is 1. The highest BCUT2D eigenvalue weighted by Gasteiger charge is 2.24. The Morgan fingerprint density at radius 2 is 1.69 bits per heavy atom. The number of aryl methyl sites for hydroxylation is 1. The van der Waals surface area contributed by atoms with E-state index in [-0.39, 0.29) is 10.8 Å². The maximum absolute atomic E-state index is 13.1. The molecule has 0 aromatic heterocycles. The van der Waals surface area contributed by atoms with E-state index in [0.29, 0.717) is 17.8 Å². The van der Waals surface area contributed by atoms with Crippen LogP contribution in [0.3, 0.4) is 0 Å². The third-order valence-corrected chi connectivity index (χ3v) is 6.24. The van der Waals surface area contributed by atoms with Gasteiger partial charge in [0, 0.05) is 23.5 Å². The van der Waals surface area contributed by atoms with Gasteiger partial charge in [-0.25, -0.2) is 12.8 Å². The van der Waals surface area contributed by atoms with E-state index in [1.54, 1.807) is 35.2 Å². The highest BCUT2D eigenvalue weighted by Crippen LogP contribution is 2.31. The van der Waals surface area contributed by atoms with Crippen LogP contribution in [0.2, 0.25) is 0 Å². The zero-order chi connectivity index (χ0) is 20.4. The van der Waals surface area contributed by atoms with Crippen LogP contribution in [-0.4, -0.2) is 20.9 Å². The molecule has 3 aromatic carbocycles. The van der Waals surface area contributed by atoms with Crippen LogP contribution in [0.4, 0.5) is 15.8 Å². The summed E-state index contributed by atoms with van der Waals surface area (Å²) >= 11 is 0. The molecule has 1 amide bonds. The normalized spacial score (nSPS) is 13.6. The number of halogens is 1. The Morgan fingerprint density at radius 3 is 2.41 bits per heavy atom. The molecular weight excluding hydrogens is 391 g/mol. The summed E-state index contributed by atoms with van der Waals surface area (Å²) in [6.45, 7) is 0.612. The van der Waals surface area contributed by atoms with Gasteiger partial charge in [0.2, 0.25) is 0 Å². The average molecular weight is 410 g/mol. The molecule has 3 aromatic rings.